The summed E-state index contributed by atoms with van der Waals surface area (Å²) in [5.74, 6) is -0.239. The molecule has 6 rings (SSSR count). The van der Waals surface area contributed by atoms with Crippen LogP contribution in [0.4, 0.5) is 11.4 Å². The summed E-state index contributed by atoms with van der Waals surface area (Å²) in [6, 6.07) is 19.6. The molecule has 0 spiro atoms. The van der Waals surface area contributed by atoms with E-state index in [1.807, 2.05) is 44.6 Å². The van der Waals surface area contributed by atoms with E-state index >= 15 is 0 Å². The number of aromatic amines is 1. The zero-order valence-corrected chi connectivity index (χ0v) is 24.0. The number of hydrogen-bond donors (Lipinski definition) is 2. The second-order valence-corrected chi connectivity index (χ2v) is 10.9. The molecule has 2 aromatic carbocycles. The van der Waals surface area contributed by atoms with Crippen molar-refractivity contribution in [2.24, 2.45) is 7.05 Å². The van der Waals surface area contributed by atoms with Crippen LogP contribution in [0.2, 0.25) is 0 Å². The molecule has 1 fully saturated rings. The van der Waals surface area contributed by atoms with Gasteiger partial charge < -0.3 is 20.1 Å². The number of nitrogens with zero attached hydrogens (tertiary/aromatic N) is 5. The SMILES string of the molecule is C=CC(=O)Nc1cc(-c2c(-c3ccc(N4CCN(C)[C@@H](C)C4)cc3)[nH]c3ncc(-c4ccn(C)n4)cc23)ccc1C. The average molecular weight is 546 g/mol. The second kappa shape index (κ2) is 10.7. The Kier molecular flexibility index (Phi) is 6.93. The molecule has 1 aliphatic rings. The monoisotopic (exact) mass is 545 g/mol. The van der Waals surface area contributed by atoms with Crippen LogP contribution in [0.15, 0.2) is 79.6 Å². The van der Waals surface area contributed by atoms with Crippen LogP contribution in [0.25, 0.3) is 44.7 Å². The molecule has 0 aliphatic carbocycles. The molecule has 5 aromatic rings. The molecule has 0 radical (unpaired) electrons. The molecular weight excluding hydrogens is 510 g/mol. The van der Waals surface area contributed by atoms with Crippen LogP contribution in [0, 0.1) is 6.92 Å². The maximum atomic E-state index is 12.2. The summed E-state index contributed by atoms with van der Waals surface area (Å²) >= 11 is 0. The predicted molar refractivity (Wildman–Crippen MR) is 167 cm³/mol. The van der Waals surface area contributed by atoms with E-state index in [9.17, 15) is 4.79 Å². The van der Waals surface area contributed by atoms with Crippen molar-refractivity contribution in [2.75, 3.05) is 36.9 Å². The maximum Gasteiger partial charge on any atom is 0.247 e. The Hall–Kier alpha value is -4.69. The van der Waals surface area contributed by atoms with Gasteiger partial charge >= 0.3 is 0 Å². The fourth-order valence-electron chi connectivity index (χ4n) is 5.51. The highest BCUT2D eigenvalue weighted by Gasteiger charge is 2.22. The summed E-state index contributed by atoms with van der Waals surface area (Å²) in [5.41, 5.74) is 9.61. The summed E-state index contributed by atoms with van der Waals surface area (Å²) in [6.07, 6.45) is 5.08. The summed E-state index contributed by atoms with van der Waals surface area (Å²) in [4.78, 5) is 25.4. The van der Waals surface area contributed by atoms with Crippen LogP contribution < -0.4 is 10.2 Å². The number of piperazine rings is 1. The third-order valence-electron chi connectivity index (χ3n) is 8.11. The Bertz CT molecular complexity index is 1750. The third kappa shape index (κ3) is 5.14. The van der Waals surface area contributed by atoms with Crippen molar-refractivity contribution in [3.63, 3.8) is 0 Å². The Labute approximate surface area is 240 Å². The minimum absolute atomic E-state index is 0.239. The first-order chi connectivity index (χ1) is 19.8. The lowest BCUT2D eigenvalue weighted by Crippen LogP contribution is -2.50. The standard InChI is InChI=1S/C33H35N7O/c1-6-30(41)35-29-18-24(8-7-21(29)2)31-27-17-25(28-13-14-39(5)37-28)19-34-33(27)36-32(31)23-9-11-26(12-10-23)40-16-15-38(4)22(3)20-40/h6-14,17-19,22H,1,15-16,20H2,2-5H3,(H,34,36)(H,35,41)/t22-/m0/s1. The number of amides is 1. The first-order valence-corrected chi connectivity index (χ1v) is 13.9. The van der Waals surface area contributed by atoms with Gasteiger partial charge in [-0.25, -0.2) is 4.98 Å². The highest BCUT2D eigenvalue weighted by molar-refractivity contribution is 6.05. The number of H-pyrrole nitrogens is 1. The molecule has 208 valence electrons. The fraction of sp³-hybridized carbons (Fsp3) is 0.242. The molecule has 8 heteroatoms. The van der Waals surface area contributed by atoms with Crippen LogP contribution in [0.1, 0.15) is 12.5 Å². The van der Waals surface area contributed by atoms with E-state index in [2.05, 4.69) is 82.1 Å². The molecule has 4 heterocycles. The van der Waals surface area contributed by atoms with Crippen molar-refractivity contribution in [3.8, 4) is 33.6 Å². The Morgan fingerprint density at radius 2 is 1.83 bits per heavy atom. The lowest BCUT2D eigenvalue weighted by molar-refractivity contribution is -0.111. The summed E-state index contributed by atoms with van der Waals surface area (Å²) in [6.45, 7) is 10.9. The van der Waals surface area contributed by atoms with Crippen molar-refractivity contribution in [3.05, 3.63) is 85.2 Å². The smallest absolute Gasteiger partial charge is 0.247 e. The zero-order chi connectivity index (χ0) is 28.7. The van der Waals surface area contributed by atoms with Crippen LogP contribution in [-0.2, 0) is 11.8 Å². The van der Waals surface area contributed by atoms with E-state index in [4.69, 9.17) is 4.98 Å². The van der Waals surface area contributed by atoms with E-state index in [0.717, 1.165) is 75.6 Å². The highest BCUT2D eigenvalue weighted by atomic mass is 16.1. The molecule has 0 unspecified atom stereocenters. The van der Waals surface area contributed by atoms with Gasteiger partial charge in [-0.05, 0) is 74.0 Å². The number of carbonyl (C=O) groups is 1. The number of aromatic nitrogens is 4. The van der Waals surface area contributed by atoms with Gasteiger partial charge in [-0.1, -0.05) is 30.8 Å². The van der Waals surface area contributed by atoms with Crippen molar-refractivity contribution in [1.29, 1.82) is 0 Å². The number of hydrogen-bond acceptors (Lipinski definition) is 5. The molecule has 3 aromatic heterocycles. The van der Waals surface area contributed by atoms with Gasteiger partial charge in [0.25, 0.3) is 0 Å². The highest BCUT2D eigenvalue weighted by Crippen LogP contribution is 2.40. The van der Waals surface area contributed by atoms with Crippen molar-refractivity contribution in [1.82, 2.24) is 24.6 Å². The van der Waals surface area contributed by atoms with E-state index in [1.165, 1.54) is 11.8 Å². The first kappa shape index (κ1) is 26.5. The Morgan fingerprint density at radius 3 is 2.54 bits per heavy atom. The summed E-state index contributed by atoms with van der Waals surface area (Å²) in [7, 11) is 4.10. The Morgan fingerprint density at radius 1 is 1.05 bits per heavy atom. The number of likely N-dealkylation sites (N-methyl/N-ethyl adjacent to an activating group) is 1. The van der Waals surface area contributed by atoms with E-state index in [0.29, 0.717) is 6.04 Å². The largest absolute Gasteiger partial charge is 0.369 e. The molecule has 8 nitrogen and oxygen atoms in total. The van der Waals surface area contributed by atoms with Gasteiger partial charge in [-0.2, -0.15) is 5.10 Å². The maximum absolute atomic E-state index is 12.2. The van der Waals surface area contributed by atoms with Crippen molar-refractivity contribution < 1.29 is 4.79 Å². The van der Waals surface area contributed by atoms with E-state index in [-0.39, 0.29) is 5.91 Å². The van der Waals surface area contributed by atoms with Crippen LogP contribution in [0.5, 0.6) is 0 Å². The molecule has 1 aliphatic heterocycles. The molecule has 0 bridgehead atoms. The van der Waals surface area contributed by atoms with Crippen molar-refractivity contribution >= 4 is 28.3 Å². The number of nitrogens with one attached hydrogen (secondary N) is 2. The van der Waals surface area contributed by atoms with E-state index < -0.39 is 0 Å². The number of carbonyl (C=O) groups excluding carboxylic acids is 1. The molecule has 2 N–H and O–H groups in total. The summed E-state index contributed by atoms with van der Waals surface area (Å²) in [5, 5.41) is 8.54. The molecule has 1 amide bonds. The number of pyridine rings is 1. The predicted octanol–water partition coefficient (Wildman–Crippen LogP) is 5.87. The van der Waals surface area contributed by atoms with Crippen molar-refractivity contribution in [2.45, 2.75) is 19.9 Å². The topological polar surface area (TPSA) is 82.1 Å². The third-order valence-corrected chi connectivity index (χ3v) is 8.11. The van der Waals surface area contributed by atoms with Gasteiger partial charge in [0, 0.05) is 73.0 Å². The molecule has 1 atom stereocenters. The lowest BCUT2D eigenvalue weighted by atomic mass is 9.96. The van der Waals surface area contributed by atoms with Crippen LogP contribution >= 0.6 is 0 Å². The molecule has 1 saturated heterocycles. The van der Waals surface area contributed by atoms with Gasteiger partial charge in [0.15, 0.2) is 0 Å². The first-order valence-electron chi connectivity index (χ1n) is 13.9. The normalized spacial score (nSPS) is 15.8. The van der Waals surface area contributed by atoms with Crippen LogP contribution in [0.3, 0.4) is 0 Å². The Balaban J connectivity index is 1.47. The summed E-state index contributed by atoms with van der Waals surface area (Å²) < 4.78 is 1.79. The second-order valence-electron chi connectivity index (χ2n) is 10.9. The van der Waals surface area contributed by atoms with Gasteiger partial charge in [0.1, 0.15) is 5.65 Å². The molecular formula is C33H35N7O. The van der Waals surface area contributed by atoms with E-state index in [1.54, 1.807) is 4.68 Å². The average Bonchev–Trinajstić information content (AvgIpc) is 3.59. The number of benzene rings is 2. The zero-order valence-electron chi connectivity index (χ0n) is 24.0. The van der Waals surface area contributed by atoms with Gasteiger partial charge in [0.2, 0.25) is 5.91 Å². The van der Waals surface area contributed by atoms with Gasteiger partial charge in [0.05, 0.1) is 11.4 Å². The molecule has 0 saturated carbocycles. The fourth-order valence-corrected chi connectivity index (χ4v) is 5.51. The molecule has 41 heavy (non-hydrogen) atoms. The van der Waals surface area contributed by atoms with Gasteiger partial charge in [-0.3, -0.25) is 9.48 Å². The number of fused-ring (bicyclic) bond motifs is 1. The minimum atomic E-state index is -0.239. The lowest BCUT2D eigenvalue weighted by Gasteiger charge is -2.39. The number of rotatable bonds is 6. The van der Waals surface area contributed by atoms with Gasteiger partial charge in [-0.15, -0.1) is 0 Å². The van der Waals surface area contributed by atoms with Crippen LogP contribution in [-0.4, -0.2) is 63.3 Å². The minimum Gasteiger partial charge on any atom is -0.369 e. The quantitative estimate of drug-likeness (QED) is 0.261. The number of anilines is 2. The number of aryl methyl sites for hydroxylation is 2.